The number of carbonyl (C=O) groups excluding carboxylic acids is 1. The Labute approximate surface area is 91.9 Å². The number of amides is 1. The fourth-order valence-corrected chi connectivity index (χ4v) is 1.34. The Bertz CT molecular complexity index is 381. The highest BCUT2D eigenvalue weighted by Gasteiger charge is 2.22. The number of halogens is 1. The molecule has 0 saturated heterocycles. The first-order valence-corrected chi connectivity index (χ1v) is 4.87. The highest BCUT2D eigenvalue weighted by Crippen LogP contribution is 2.15. The third-order valence-electron chi connectivity index (χ3n) is 1.99. The van der Waals surface area contributed by atoms with Gasteiger partial charge in [-0.25, -0.2) is 0 Å². The van der Waals surface area contributed by atoms with Crippen molar-refractivity contribution in [2.24, 2.45) is 5.16 Å². The third-order valence-corrected chi connectivity index (χ3v) is 2.24. The van der Waals surface area contributed by atoms with E-state index in [1.165, 1.54) is 0 Å². The van der Waals surface area contributed by atoms with Crippen molar-refractivity contribution in [2.75, 3.05) is 5.32 Å². The molecular formula is C10H9ClN2O2. The van der Waals surface area contributed by atoms with Crippen molar-refractivity contribution in [3.8, 4) is 0 Å². The summed E-state index contributed by atoms with van der Waals surface area (Å²) in [6.45, 7) is 0. The number of benzene rings is 1. The molecule has 0 aromatic heterocycles. The molecule has 1 aliphatic rings. The van der Waals surface area contributed by atoms with Gasteiger partial charge in [-0.2, -0.15) is 0 Å². The average molecular weight is 225 g/mol. The molecule has 0 fully saturated rings. The van der Waals surface area contributed by atoms with E-state index in [0.717, 1.165) is 0 Å². The summed E-state index contributed by atoms with van der Waals surface area (Å²) in [5.74, 6) is -0.199. The molecule has 5 heteroatoms. The van der Waals surface area contributed by atoms with E-state index < -0.39 is 6.10 Å². The van der Waals surface area contributed by atoms with Crippen LogP contribution >= 0.6 is 11.6 Å². The van der Waals surface area contributed by atoms with Gasteiger partial charge < -0.3 is 10.2 Å². The fraction of sp³-hybridized carbons (Fsp3) is 0.200. The van der Waals surface area contributed by atoms with E-state index in [-0.39, 0.29) is 5.91 Å². The lowest BCUT2D eigenvalue weighted by Gasteiger charge is -2.08. The maximum Gasteiger partial charge on any atom is 0.268 e. The summed E-state index contributed by atoms with van der Waals surface area (Å²) in [6, 6.07) is 6.89. The molecule has 1 amide bonds. The van der Waals surface area contributed by atoms with E-state index in [4.69, 9.17) is 16.4 Å². The van der Waals surface area contributed by atoms with Crippen LogP contribution in [0.25, 0.3) is 0 Å². The second-order valence-corrected chi connectivity index (χ2v) is 3.55. The first-order chi connectivity index (χ1) is 7.25. The fourth-order valence-electron chi connectivity index (χ4n) is 1.21. The number of carbonyl (C=O) groups is 1. The van der Waals surface area contributed by atoms with Crippen LogP contribution in [-0.4, -0.2) is 18.2 Å². The molecule has 1 N–H and O–H groups in total. The zero-order chi connectivity index (χ0) is 10.7. The average Bonchev–Trinajstić information content (AvgIpc) is 2.74. The number of rotatable bonds is 2. The van der Waals surface area contributed by atoms with E-state index in [2.05, 4.69) is 10.5 Å². The number of anilines is 1. The van der Waals surface area contributed by atoms with Gasteiger partial charge in [0.15, 0.2) is 0 Å². The molecule has 0 saturated carbocycles. The Morgan fingerprint density at radius 1 is 1.47 bits per heavy atom. The van der Waals surface area contributed by atoms with Crippen LogP contribution in [0.5, 0.6) is 0 Å². The molecule has 0 spiro atoms. The summed E-state index contributed by atoms with van der Waals surface area (Å²) in [6.07, 6.45) is 1.58. The third kappa shape index (κ3) is 2.47. The molecular weight excluding hydrogens is 216 g/mol. The zero-order valence-electron chi connectivity index (χ0n) is 7.81. The highest BCUT2D eigenvalue weighted by atomic mass is 35.5. The van der Waals surface area contributed by atoms with E-state index in [1.807, 2.05) is 0 Å². The number of nitrogens with zero attached hydrogens (tertiary/aromatic N) is 1. The highest BCUT2D eigenvalue weighted by molar-refractivity contribution is 6.30. The Hall–Kier alpha value is -1.55. The molecule has 0 radical (unpaired) electrons. The smallest absolute Gasteiger partial charge is 0.268 e. The van der Waals surface area contributed by atoms with Gasteiger partial charge >= 0.3 is 0 Å². The van der Waals surface area contributed by atoms with Gasteiger partial charge in [0.05, 0.1) is 0 Å². The molecule has 1 unspecified atom stereocenters. The van der Waals surface area contributed by atoms with Crippen LogP contribution in [0.4, 0.5) is 5.69 Å². The Balaban J connectivity index is 1.96. The number of hydrogen-bond donors (Lipinski definition) is 1. The Morgan fingerprint density at radius 2 is 2.20 bits per heavy atom. The minimum Gasteiger partial charge on any atom is -0.382 e. The molecule has 1 aromatic carbocycles. The number of hydrogen-bond acceptors (Lipinski definition) is 3. The summed E-state index contributed by atoms with van der Waals surface area (Å²) in [5, 5.41) is 6.88. The normalized spacial score (nSPS) is 18.6. The Kier molecular flexibility index (Phi) is 2.87. The monoisotopic (exact) mass is 224 g/mol. The summed E-state index contributed by atoms with van der Waals surface area (Å²) in [4.78, 5) is 16.4. The van der Waals surface area contributed by atoms with Crippen LogP contribution in [0.1, 0.15) is 6.42 Å². The largest absolute Gasteiger partial charge is 0.382 e. The van der Waals surface area contributed by atoms with Crippen LogP contribution in [0, 0.1) is 0 Å². The van der Waals surface area contributed by atoms with Crippen LogP contribution in [0.15, 0.2) is 29.4 Å². The summed E-state index contributed by atoms with van der Waals surface area (Å²) in [7, 11) is 0. The van der Waals surface area contributed by atoms with E-state index in [9.17, 15) is 4.79 Å². The predicted octanol–water partition coefficient (Wildman–Crippen LogP) is 2.05. The first kappa shape index (κ1) is 9.98. The number of nitrogens with one attached hydrogen (secondary N) is 1. The van der Waals surface area contributed by atoms with Crippen molar-refractivity contribution in [2.45, 2.75) is 12.5 Å². The van der Waals surface area contributed by atoms with Crippen molar-refractivity contribution in [3.05, 3.63) is 29.3 Å². The molecule has 4 nitrogen and oxygen atoms in total. The van der Waals surface area contributed by atoms with Crippen molar-refractivity contribution in [1.82, 2.24) is 0 Å². The lowest BCUT2D eigenvalue weighted by molar-refractivity contribution is -0.125. The standard InChI is InChI=1S/C10H9ClN2O2/c11-7-1-3-8(4-2-7)13-10(14)9-5-6-12-15-9/h1-4,6,9H,5H2,(H,13,14). The lowest BCUT2D eigenvalue weighted by atomic mass is 10.2. The Morgan fingerprint density at radius 3 is 2.80 bits per heavy atom. The molecule has 2 rings (SSSR count). The summed E-state index contributed by atoms with van der Waals surface area (Å²) >= 11 is 5.72. The van der Waals surface area contributed by atoms with Crippen LogP contribution in [-0.2, 0) is 9.63 Å². The van der Waals surface area contributed by atoms with Crippen LogP contribution in [0.3, 0.4) is 0 Å². The van der Waals surface area contributed by atoms with Crippen LogP contribution in [0.2, 0.25) is 5.02 Å². The maximum absolute atomic E-state index is 11.6. The SMILES string of the molecule is O=C(Nc1ccc(Cl)cc1)C1CC=NO1. The quantitative estimate of drug-likeness (QED) is 0.836. The molecule has 1 aromatic rings. The second kappa shape index (κ2) is 4.31. The van der Waals surface area contributed by atoms with Crippen molar-refractivity contribution in [3.63, 3.8) is 0 Å². The van der Waals surface area contributed by atoms with Gasteiger partial charge in [-0.05, 0) is 24.3 Å². The van der Waals surface area contributed by atoms with E-state index in [1.54, 1.807) is 30.5 Å². The summed E-state index contributed by atoms with van der Waals surface area (Å²) < 4.78 is 0. The molecule has 78 valence electrons. The lowest BCUT2D eigenvalue weighted by Crippen LogP contribution is -2.27. The first-order valence-electron chi connectivity index (χ1n) is 4.50. The maximum atomic E-state index is 11.6. The van der Waals surface area contributed by atoms with E-state index in [0.29, 0.717) is 17.1 Å². The molecule has 1 aliphatic heterocycles. The minimum absolute atomic E-state index is 0.199. The van der Waals surface area contributed by atoms with Gasteiger partial charge in [0.1, 0.15) is 0 Å². The number of oxime groups is 1. The molecule has 0 bridgehead atoms. The molecule has 15 heavy (non-hydrogen) atoms. The van der Waals surface area contributed by atoms with Crippen molar-refractivity contribution < 1.29 is 9.63 Å². The molecule has 1 atom stereocenters. The van der Waals surface area contributed by atoms with Gasteiger partial charge in [-0.3, -0.25) is 4.79 Å². The van der Waals surface area contributed by atoms with Crippen molar-refractivity contribution in [1.29, 1.82) is 0 Å². The topological polar surface area (TPSA) is 50.7 Å². The van der Waals surface area contributed by atoms with Crippen LogP contribution < -0.4 is 5.32 Å². The second-order valence-electron chi connectivity index (χ2n) is 3.11. The predicted molar refractivity (Wildman–Crippen MR) is 58.1 cm³/mol. The van der Waals surface area contributed by atoms with Gasteiger partial charge in [-0.1, -0.05) is 16.8 Å². The molecule has 0 aliphatic carbocycles. The molecule has 1 heterocycles. The minimum atomic E-state index is -0.513. The van der Waals surface area contributed by atoms with Gasteiger partial charge in [0.25, 0.3) is 5.91 Å². The van der Waals surface area contributed by atoms with Gasteiger partial charge in [-0.15, -0.1) is 0 Å². The van der Waals surface area contributed by atoms with Gasteiger partial charge in [0, 0.05) is 23.3 Å². The zero-order valence-corrected chi connectivity index (χ0v) is 8.57. The summed E-state index contributed by atoms with van der Waals surface area (Å²) in [5.41, 5.74) is 0.694. The van der Waals surface area contributed by atoms with Gasteiger partial charge in [0.2, 0.25) is 6.10 Å². The van der Waals surface area contributed by atoms with E-state index >= 15 is 0 Å². The van der Waals surface area contributed by atoms with Crippen molar-refractivity contribution >= 4 is 29.4 Å².